The lowest BCUT2D eigenvalue weighted by Crippen LogP contribution is -2.01. The van der Waals surface area contributed by atoms with E-state index in [0.717, 1.165) is 24.3 Å². The molecule has 0 unspecified atom stereocenters. The Hall–Kier alpha value is -3.70. The molecular weight excluding hydrogens is 526 g/mol. The molecule has 0 spiro atoms. The lowest BCUT2D eigenvalue weighted by Gasteiger charge is -2.07. The van der Waals surface area contributed by atoms with Gasteiger partial charge in [0.25, 0.3) is 0 Å². The summed E-state index contributed by atoms with van der Waals surface area (Å²) in [6.45, 7) is 11.7. The van der Waals surface area contributed by atoms with E-state index in [1.165, 1.54) is 0 Å². The number of halogens is 3. The van der Waals surface area contributed by atoms with E-state index in [1.54, 1.807) is 0 Å². The van der Waals surface area contributed by atoms with Crippen LogP contribution in [0.1, 0.15) is 47.1 Å². The predicted molar refractivity (Wildman–Crippen MR) is 137 cm³/mol. The SMILES string of the molecule is C#CC(C)(C)C.CC(C)(C)C#Cc1cc([N+](=O)[O-])c(F)cc1N.Nc1cc(F)c([N+](=O)[O-])cc1Br. The van der Waals surface area contributed by atoms with Crippen LogP contribution in [0, 0.1) is 66.9 Å². The lowest BCUT2D eigenvalue weighted by molar-refractivity contribution is -0.387. The Kier molecular flexibility index (Phi) is 11.3. The fourth-order valence-electron chi connectivity index (χ4n) is 1.77. The molecule has 0 heterocycles. The number of hydrogen-bond donors (Lipinski definition) is 2. The zero-order valence-corrected chi connectivity index (χ0v) is 21.8. The summed E-state index contributed by atoms with van der Waals surface area (Å²) in [6.07, 6.45) is 5.06. The number of anilines is 2. The Morgan fingerprint density at radius 3 is 1.63 bits per heavy atom. The van der Waals surface area contributed by atoms with Crippen LogP contribution in [0.15, 0.2) is 28.7 Å². The van der Waals surface area contributed by atoms with Crippen LogP contribution in [0.3, 0.4) is 0 Å². The number of hydrogen-bond acceptors (Lipinski definition) is 6. The summed E-state index contributed by atoms with van der Waals surface area (Å²) < 4.78 is 26.2. The van der Waals surface area contributed by atoms with E-state index in [1.807, 2.05) is 41.5 Å². The van der Waals surface area contributed by atoms with Crippen molar-refractivity contribution in [3.05, 3.63) is 66.2 Å². The quantitative estimate of drug-likeness (QED) is 0.190. The van der Waals surface area contributed by atoms with Gasteiger partial charge >= 0.3 is 11.4 Å². The summed E-state index contributed by atoms with van der Waals surface area (Å²) in [5.41, 5.74) is 9.96. The van der Waals surface area contributed by atoms with Crippen LogP contribution in [0.25, 0.3) is 0 Å². The highest BCUT2D eigenvalue weighted by Crippen LogP contribution is 2.27. The van der Waals surface area contributed by atoms with Crippen molar-refractivity contribution in [2.45, 2.75) is 41.5 Å². The first kappa shape index (κ1) is 31.3. The summed E-state index contributed by atoms with van der Waals surface area (Å²) in [6, 6.07) is 3.92. The third-order valence-electron chi connectivity index (χ3n) is 3.58. The first-order chi connectivity index (χ1) is 15.8. The average Bonchev–Trinajstić information content (AvgIpc) is 2.69. The van der Waals surface area contributed by atoms with Crippen LogP contribution >= 0.6 is 15.9 Å². The summed E-state index contributed by atoms with van der Waals surface area (Å²) in [5, 5.41) is 20.8. The molecule has 0 bridgehead atoms. The Balaban J connectivity index is 0.000000557. The van der Waals surface area contributed by atoms with E-state index in [-0.39, 0.29) is 27.8 Å². The van der Waals surface area contributed by atoms with Gasteiger partial charge < -0.3 is 11.5 Å². The van der Waals surface area contributed by atoms with Crippen molar-refractivity contribution in [1.82, 2.24) is 0 Å². The van der Waals surface area contributed by atoms with E-state index in [9.17, 15) is 29.0 Å². The van der Waals surface area contributed by atoms with Gasteiger partial charge in [-0.25, -0.2) is 0 Å². The van der Waals surface area contributed by atoms with Crippen LogP contribution in [0.2, 0.25) is 0 Å². The van der Waals surface area contributed by atoms with Crippen molar-refractivity contribution in [3.63, 3.8) is 0 Å². The number of nitrogens with zero attached hydrogens (tertiary/aromatic N) is 2. The molecule has 2 rings (SSSR count). The van der Waals surface area contributed by atoms with Crippen LogP contribution < -0.4 is 11.5 Å². The molecule has 35 heavy (non-hydrogen) atoms. The fourth-order valence-corrected chi connectivity index (χ4v) is 2.10. The maximum absolute atomic E-state index is 13.2. The Bertz CT molecular complexity index is 1200. The molecule has 0 fully saturated rings. The van der Waals surface area contributed by atoms with E-state index < -0.39 is 32.9 Å². The average molecular weight is 553 g/mol. The molecular formula is C24H27BrF2N4O4. The molecule has 4 N–H and O–H groups in total. The van der Waals surface area contributed by atoms with E-state index in [4.69, 9.17) is 17.9 Å². The highest BCUT2D eigenvalue weighted by atomic mass is 79.9. The van der Waals surface area contributed by atoms with Gasteiger partial charge in [-0.3, -0.25) is 20.2 Å². The molecule has 0 amide bonds. The second-order valence-corrected chi connectivity index (χ2v) is 9.98. The Morgan fingerprint density at radius 2 is 1.26 bits per heavy atom. The van der Waals surface area contributed by atoms with Crippen LogP contribution in [-0.2, 0) is 0 Å². The third kappa shape index (κ3) is 11.8. The number of nitrogen functional groups attached to an aromatic ring is 2. The topological polar surface area (TPSA) is 138 Å². The molecule has 0 aliphatic heterocycles. The van der Waals surface area contributed by atoms with Gasteiger partial charge in [0.2, 0.25) is 11.6 Å². The molecule has 0 saturated carbocycles. The van der Waals surface area contributed by atoms with Crippen molar-refractivity contribution in [2.75, 3.05) is 11.5 Å². The second kappa shape index (κ2) is 12.7. The van der Waals surface area contributed by atoms with Gasteiger partial charge in [0.05, 0.1) is 21.1 Å². The molecule has 11 heteroatoms. The molecule has 0 aromatic heterocycles. The van der Waals surface area contributed by atoms with E-state index in [2.05, 4.69) is 33.7 Å². The Morgan fingerprint density at radius 1 is 0.857 bits per heavy atom. The zero-order chi connectivity index (χ0) is 27.7. The molecule has 0 radical (unpaired) electrons. The van der Waals surface area contributed by atoms with E-state index >= 15 is 0 Å². The molecule has 0 aliphatic carbocycles. The standard InChI is InChI=1S/C12H13FN2O2.C6H4BrFN2O2.C6H10/c1-12(2,3)5-4-8-6-11(15(16)17)9(13)7-10(8)14;7-3-1-6(10(11)12)4(8)2-5(3)9;1-5-6(2,3)4/h6-7H,14H2,1-3H3;1-2H,9H2;1H,2-4H3. The van der Waals surface area contributed by atoms with Crippen LogP contribution in [0.5, 0.6) is 0 Å². The maximum Gasteiger partial charge on any atom is 0.306 e. The smallest absolute Gasteiger partial charge is 0.306 e. The minimum atomic E-state index is -0.950. The molecule has 2 aromatic rings. The molecule has 0 aliphatic rings. The molecule has 0 saturated heterocycles. The largest absolute Gasteiger partial charge is 0.398 e. The number of nitrogens with two attached hydrogens (primary N) is 2. The van der Waals surface area contributed by atoms with E-state index in [0.29, 0.717) is 4.47 Å². The monoisotopic (exact) mass is 552 g/mol. The minimum Gasteiger partial charge on any atom is -0.398 e. The van der Waals surface area contributed by atoms with Gasteiger partial charge in [0, 0.05) is 45.3 Å². The molecule has 0 atom stereocenters. The summed E-state index contributed by atoms with van der Waals surface area (Å²) in [7, 11) is 0. The molecule has 2 aromatic carbocycles. The summed E-state index contributed by atoms with van der Waals surface area (Å²) in [5.74, 6) is 6.34. The number of nitro groups is 2. The van der Waals surface area contributed by atoms with Crippen LogP contribution in [0.4, 0.5) is 31.5 Å². The van der Waals surface area contributed by atoms with Crippen LogP contribution in [-0.4, -0.2) is 9.85 Å². The minimum absolute atomic E-state index is 0.0694. The number of benzene rings is 2. The summed E-state index contributed by atoms with van der Waals surface area (Å²) in [4.78, 5) is 19.2. The van der Waals surface area contributed by atoms with Gasteiger partial charge in [-0.2, -0.15) is 8.78 Å². The number of nitro benzene ring substituents is 2. The van der Waals surface area contributed by atoms with Gasteiger partial charge in [0.1, 0.15) is 0 Å². The van der Waals surface area contributed by atoms with Gasteiger partial charge in [-0.15, -0.1) is 12.3 Å². The number of rotatable bonds is 2. The van der Waals surface area contributed by atoms with Crippen molar-refractivity contribution in [1.29, 1.82) is 0 Å². The highest BCUT2D eigenvalue weighted by Gasteiger charge is 2.17. The molecule has 8 nitrogen and oxygen atoms in total. The van der Waals surface area contributed by atoms with Crippen molar-refractivity contribution >= 4 is 38.7 Å². The third-order valence-corrected chi connectivity index (χ3v) is 4.27. The van der Waals surface area contributed by atoms with Gasteiger partial charge in [-0.1, -0.05) is 11.8 Å². The predicted octanol–water partition coefficient (Wildman–Crippen LogP) is 6.46. The highest BCUT2D eigenvalue weighted by molar-refractivity contribution is 9.10. The normalized spacial score (nSPS) is 10.3. The Labute approximate surface area is 211 Å². The molecule has 188 valence electrons. The van der Waals surface area contributed by atoms with Gasteiger partial charge in [0.15, 0.2) is 0 Å². The first-order valence-corrected chi connectivity index (χ1v) is 10.7. The summed E-state index contributed by atoms with van der Waals surface area (Å²) >= 11 is 2.95. The maximum atomic E-state index is 13.2. The second-order valence-electron chi connectivity index (χ2n) is 9.12. The van der Waals surface area contributed by atoms with Crippen molar-refractivity contribution in [3.8, 4) is 24.2 Å². The first-order valence-electron chi connectivity index (χ1n) is 9.92. The number of terminal acetylenes is 1. The van der Waals surface area contributed by atoms with Crippen molar-refractivity contribution < 1.29 is 18.6 Å². The van der Waals surface area contributed by atoms with Gasteiger partial charge in [-0.05, 0) is 57.5 Å². The lowest BCUT2D eigenvalue weighted by atomic mass is 9.97. The van der Waals surface area contributed by atoms with Crippen molar-refractivity contribution in [2.24, 2.45) is 10.8 Å². The zero-order valence-electron chi connectivity index (χ0n) is 20.2. The fraction of sp³-hybridized carbons (Fsp3) is 0.333.